The van der Waals surface area contributed by atoms with Crippen molar-refractivity contribution in [3.05, 3.63) is 85.1 Å². The number of rotatable bonds is 43. The van der Waals surface area contributed by atoms with Crippen LogP contribution in [-0.4, -0.2) is 80.6 Å². The van der Waals surface area contributed by atoms with Gasteiger partial charge in [0.15, 0.2) is 12.1 Å². The smallest absolute Gasteiger partial charge is 0.362 e. The first-order valence-corrected chi connectivity index (χ1v) is 24.7. The lowest BCUT2D eigenvalue weighted by Crippen LogP contribution is -2.50. The average molecular weight is 867 g/mol. The fraction of sp³-hybridized carbons (Fsp3) is 0.685. The summed E-state index contributed by atoms with van der Waals surface area (Å²) in [5.41, 5.74) is 0. The van der Waals surface area contributed by atoms with Crippen molar-refractivity contribution in [3.8, 4) is 0 Å². The van der Waals surface area contributed by atoms with Crippen LogP contribution in [0, 0.1) is 0 Å². The third kappa shape index (κ3) is 41.8. The molecular weight excluding hydrogens is 775 g/mol. The summed E-state index contributed by atoms with van der Waals surface area (Å²) < 4.78 is 17.3. The van der Waals surface area contributed by atoms with E-state index >= 15 is 0 Å². The first-order chi connectivity index (χ1) is 30.1. The summed E-state index contributed by atoms with van der Waals surface area (Å²) in [7, 11) is 5.51. The summed E-state index contributed by atoms with van der Waals surface area (Å²) in [6.07, 6.45) is 57.6. The van der Waals surface area contributed by atoms with Crippen molar-refractivity contribution in [2.75, 3.05) is 41.0 Å². The lowest BCUT2D eigenvalue weighted by molar-refractivity contribution is -0.887. The molecule has 0 amide bonds. The molecule has 0 heterocycles. The number of likely N-dealkylation sites (N-methyl/N-ethyl adjacent to an activating group) is 1. The molecule has 0 aromatic rings. The predicted octanol–water partition coefficient (Wildman–Crippen LogP) is 14.1. The monoisotopic (exact) mass is 867 g/mol. The zero-order chi connectivity index (χ0) is 45.6. The van der Waals surface area contributed by atoms with Crippen LogP contribution in [0.2, 0.25) is 0 Å². The molecule has 0 aromatic carbocycles. The highest BCUT2D eigenvalue weighted by molar-refractivity contribution is 5.72. The summed E-state index contributed by atoms with van der Waals surface area (Å²) in [4.78, 5) is 37.1. The van der Waals surface area contributed by atoms with Crippen LogP contribution in [0.1, 0.15) is 187 Å². The Hall–Kier alpha value is -3.49. The molecule has 0 aliphatic heterocycles. The number of nitrogens with zero attached hydrogens (tertiary/aromatic N) is 1. The zero-order valence-electron chi connectivity index (χ0n) is 40.3. The van der Waals surface area contributed by atoms with E-state index in [1.807, 2.05) is 57.6 Å². The Labute approximate surface area is 380 Å². The van der Waals surface area contributed by atoms with Crippen LogP contribution in [0.3, 0.4) is 0 Å². The standard InChI is InChI=1S/C54H91NO7/c1-6-8-10-12-14-16-18-20-22-24-26-27-29-30-32-34-36-38-40-42-44-52(56)61-49-50(48-60-47-46-51(54(58)59)55(3,4)5)62-53(57)45-43-41-39-37-35-33-31-28-25-23-21-19-17-15-13-11-9-7-2/h11,13,15-23,25,28,31,50-51H,6-10,12,14,24,26-27,29-30,32-49H2,1-5H3/p+1/b13-11+,17-15+,18-16+,21-19+,22-20+,25-23+,31-28+. The van der Waals surface area contributed by atoms with Gasteiger partial charge in [0.2, 0.25) is 0 Å². The normalized spacial score (nSPS) is 13.6. The largest absolute Gasteiger partial charge is 0.477 e. The Kier molecular flexibility index (Phi) is 41.6. The van der Waals surface area contributed by atoms with E-state index in [2.05, 4.69) is 62.5 Å². The first-order valence-electron chi connectivity index (χ1n) is 24.7. The first kappa shape index (κ1) is 58.5. The van der Waals surface area contributed by atoms with Gasteiger partial charge in [-0.25, -0.2) is 4.79 Å². The molecule has 1 N–H and O–H groups in total. The Morgan fingerprint density at radius 1 is 0.484 bits per heavy atom. The summed E-state index contributed by atoms with van der Waals surface area (Å²) in [5, 5.41) is 9.65. The molecule has 0 saturated heterocycles. The van der Waals surface area contributed by atoms with E-state index in [0.717, 1.165) is 64.2 Å². The maximum Gasteiger partial charge on any atom is 0.362 e. The Morgan fingerprint density at radius 2 is 0.887 bits per heavy atom. The van der Waals surface area contributed by atoms with Crippen molar-refractivity contribution >= 4 is 17.9 Å². The van der Waals surface area contributed by atoms with Gasteiger partial charge in [-0.2, -0.15) is 0 Å². The van der Waals surface area contributed by atoms with Crippen molar-refractivity contribution in [3.63, 3.8) is 0 Å². The van der Waals surface area contributed by atoms with Gasteiger partial charge >= 0.3 is 17.9 Å². The minimum Gasteiger partial charge on any atom is -0.477 e. The van der Waals surface area contributed by atoms with Gasteiger partial charge in [0.1, 0.15) is 6.61 Å². The molecule has 354 valence electrons. The number of hydrogen-bond donors (Lipinski definition) is 1. The molecule has 8 nitrogen and oxygen atoms in total. The van der Waals surface area contributed by atoms with E-state index in [4.69, 9.17) is 14.2 Å². The van der Waals surface area contributed by atoms with Crippen molar-refractivity contribution in [2.24, 2.45) is 0 Å². The minimum absolute atomic E-state index is 0.0449. The van der Waals surface area contributed by atoms with Gasteiger partial charge in [-0.1, -0.05) is 195 Å². The van der Waals surface area contributed by atoms with Gasteiger partial charge in [0, 0.05) is 19.3 Å². The van der Waals surface area contributed by atoms with Crippen LogP contribution >= 0.6 is 0 Å². The molecule has 0 aliphatic rings. The molecule has 0 aliphatic carbocycles. The number of aliphatic carboxylic acids is 1. The SMILES string of the molecule is CCC/C=C/C=C/C=C/C=C/C=C/CCCCCCCC(=O)OC(COCCC(C(=O)O)[N+](C)(C)C)COC(=O)CCCCCCCCCCCC/C=C/C=C/CCCCCC. The van der Waals surface area contributed by atoms with Gasteiger partial charge in [-0.15, -0.1) is 0 Å². The van der Waals surface area contributed by atoms with Crippen molar-refractivity contribution < 1.29 is 38.2 Å². The number of unbranched alkanes of at least 4 members (excludes halogenated alkanes) is 20. The lowest BCUT2D eigenvalue weighted by Gasteiger charge is -2.31. The molecule has 2 atom stereocenters. The maximum absolute atomic E-state index is 12.8. The van der Waals surface area contributed by atoms with E-state index in [0.29, 0.717) is 19.3 Å². The van der Waals surface area contributed by atoms with E-state index in [9.17, 15) is 19.5 Å². The summed E-state index contributed by atoms with van der Waals surface area (Å²) in [6.45, 7) is 4.60. The van der Waals surface area contributed by atoms with Crippen LogP contribution in [0.15, 0.2) is 85.1 Å². The van der Waals surface area contributed by atoms with Gasteiger partial charge in [0.25, 0.3) is 0 Å². The quantitative estimate of drug-likeness (QED) is 0.0282. The van der Waals surface area contributed by atoms with Crippen molar-refractivity contribution in [2.45, 2.75) is 199 Å². The second-order valence-electron chi connectivity index (χ2n) is 17.5. The maximum atomic E-state index is 12.8. The molecule has 0 aromatic heterocycles. The van der Waals surface area contributed by atoms with E-state index in [1.54, 1.807) is 0 Å². The van der Waals surface area contributed by atoms with Crippen LogP contribution in [-0.2, 0) is 28.6 Å². The highest BCUT2D eigenvalue weighted by Gasteiger charge is 2.31. The Bertz CT molecular complexity index is 1290. The van der Waals surface area contributed by atoms with Gasteiger partial charge in [-0.05, 0) is 57.8 Å². The molecule has 0 spiro atoms. The number of carbonyl (C=O) groups excluding carboxylic acids is 2. The Morgan fingerprint density at radius 3 is 1.34 bits per heavy atom. The fourth-order valence-electron chi connectivity index (χ4n) is 6.82. The molecule has 0 radical (unpaired) electrons. The number of ether oxygens (including phenoxy) is 3. The van der Waals surface area contributed by atoms with Crippen LogP contribution in [0.25, 0.3) is 0 Å². The van der Waals surface area contributed by atoms with E-state index < -0.39 is 18.1 Å². The number of allylic oxidation sites excluding steroid dienone is 14. The number of carboxylic acids is 1. The highest BCUT2D eigenvalue weighted by atomic mass is 16.6. The van der Waals surface area contributed by atoms with Crippen molar-refractivity contribution in [1.82, 2.24) is 0 Å². The number of quaternary nitrogens is 1. The van der Waals surface area contributed by atoms with Crippen LogP contribution in [0.4, 0.5) is 0 Å². The summed E-state index contributed by atoms with van der Waals surface area (Å²) in [6, 6.07) is -0.625. The molecule has 62 heavy (non-hydrogen) atoms. The zero-order valence-corrected chi connectivity index (χ0v) is 40.3. The lowest BCUT2D eigenvalue weighted by atomic mass is 10.1. The van der Waals surface area contributed by atoms with Gasteiger partial charge in [0.05, 0.1) is 34.4 Å². The van der Waals surface area contributed by atoms with E-state index in [1.165, 1.54) is 89.9 Å². The predicted molar refractivity (Wildman–Crippen MR) is 261 cm³/mol. The number of carboxylic acid groups (broad SMARTS) is 1. The molecule has 8 heteroatoms. The molecule has 2 unspecified atom stereocenters. The van der Waals surface area contributed by atoms with Gasteiger partial charge in [-0.3, -0.25) is 9.59 Å². The van der Waals surface area contributed by atoms with E-state index in [-0.39, 0.29) is 36.2 Å². The molecule has 0 bridgehead atoms. The summed E-state index contributed by atoms with van der Waals surface area (Å²) >= 11 is 0. The van der Waals surface area contributed by atoms with Crippen LogP contribution < -0.4 is 0 Å². The van der Waals surface area contributed by atoms with Crippen molar-refractivity contribution in [1.29, 1.82) is 0 Å². The average Bonchev–Trinajstić information content (AvgIpc) is 3.23. The second kappa shape index (κ2) is 44.1. The molecule has 0 fully saturated rings. The molecular formula is C54H92NO7+. The molecule has 0 saturated carbocycles. The topological polar surface area (TPSA) is 99.1 Å². The summed E-state index contributed by atoms with van der Waals surface area (Å²) in [5.74, 6) is -1.51. The third-order valence-electron chi connectivity index (χ3n) is 10.7. The number of hydrogen-bond acceptors (Lipinski definition) is 6. The third-order valence-corrected chi connectivity index (χ3v) is 10.7. The second-order valence-corrected chi connectivity index (χ2v) is 17.5. The molecule has 0 rings (SSSR count). The number of carbonyl (C=O) groups is 3. The van der Waals surface area contributed by atoms with Crippen LogP contribution in [0.5, 0.6) is 0 Å². The Balaban J connectivity index is 4.34. The highest BCUT2D eigenvalue weighted by Crippen LogP contribution is 2.14. The number of esters is 2. The fourth-order valence-corrected chi connectivity index (χ4v) is 6.82. The van der Waals surface area contributed by atoms with Gasteiger partial charge < -0.3 is 23.8 Å². The minimum atomic E-state index is -0.883.